The molecule has 0 aromatic heterocycles. The zero-order chi connectivity index (χ0) is 26.8. The van der Waals surface area contributed by atoms with Crippen LogP contribution in [-0.2, 0) is 14.4 Å². The maximum atomic E-state index is 13.7. The fraction of sp³-hybridized carbons (Fsp3) is 0.185. The van der Waals surface area contributed by atoms with Crippen molar-refractivity contribution < 1.29 is 28.2 Å². The van der Waals surface area contributed by atoms with E-state index >= 15 is 0 Å². The smallest absolute Gasteiger partial charge is 0.262 e. The van der Waals surface area contributed by atoms with Gasteiger partial charge in [-0.15, -0.1) is 0 Å². The number of anilines is 2. The van der Waals surface area contributed by atoms with Crippen molar-refractivity contribution in [2.24, 2.45) is 5.10 Å². The minimum Gasteiger partial charge on any atom is -0.493 e. The summed E-state index contributed by atoms with van der Waals surface area (Å²) in [6.07, 6.45) is 0.979. The maximum Gasteiger partial charge on any atom is 0.262 e. The van der Waals surface area contributed by atoms with Gasteiger partial charge in [-0.1, -0.05) is 29.8 Å². The Morgan fingerprint density at radius 3 is 2.38 bits per heavy atom. The lowest BCUT2D eigenvalue weighted by molar-refractivity contribution is -0.126. The van der Waals surface area contributed by atoms with Gasteiger partial charge in [-0.05, 0) is 61.4 Å². The molecule has 3 N–H and O–H groups in total. The van der Waals surface area contributed by atoms with E-state index in [4.69, 9.17) is 9.47 Å². The largest absolute Gasteiger partial charge is 0.493 e. The van der Waals surface area contributed by atoms with Gasteiger partial charge in [-0.3, -0.25) is 14.4 Å². The van der Waals surface area contributed by atoms with Crippen LogP contribution in [0.5, 0.6) is 11.5 Å². The first kappa shape index (κ1) is 26.9. The standard InChI is InChI=1S/C27H27FN4O5/c1-17-8-10-21(18(2)12-17)30-25(33)14-26(34)32-29-15-19-9-11-23(24(13-19)36-3)37-16-27(35)31-22-7-5-4-6-20(22)28/h4-13,15H,14,16H2,1-3H3,(H,30,33)(H,31,35)(H,32,34). The molecule has 0 aliphatic heterocycles. The topological polar surface area (TPSA) is 118 Å². The Labute approximate surface area is 213 Å². The third-order valence-corrected chi connectivity index (χ3v) is 5.07. The van der Waals surface area contributed by atoms with Crippen LogP contribution in [0, 0.1) is 19.7 Å². The number of amides is 3. The Hall–Kier alpha value is -4.73. The van der Waals surface area contributed by atoms with E-state index in [0.717, 1.165) is 11.1 Å². The van der Waals surface area contributed by atoms with Crippen LogP contribution in [0.4, 0.5) is 15.8 Å². The number of ether oxygens (including phenoxy) is 2. The summed E-state index contributed by atoms with van der Waals surface area (Å²) in [7, 11) is 1.43. The molecule has 0 saturated carbocycles. The van der Waals surface area contributed by atoms with Crippen LogP contribution in [0.25, 0.3) is 0 Å². The van der Waals surface area contributed by atoms with Gasteiger partial charge in [-0.2, -0.15) is 5.10 Å². The van der Waals surface area contributed by atoms with Crippen molar-refractivity contribution in [3.63, 3.8) is 0 Å². The maximum absolute atomic E-state index is 13.7. The molecule has 9 nitrogen and oxygen atoms in total. The normalized spacial score (nSPS) is 10.6. The lowest BCUT2D eigenvalue weighted by atomic mass is 10.1. The number of benzene rings is 3. The predicted molar refractivity (Wildman–Crippen MR) is 138 cm³/mol. The highest BCUT2D eigenvalue weighted by molar-refractivity contribution is 6.04. The minimum absolute atomic E-state index is 0.0550. The second-order valence-electron chi connectivity index (χ2n) is 8.06. The highest BCUT2D eigenvalue weighted by Crippen LogP contribution is 2.27. The Kier molecular flexibility index (Phi) is 9.31. The van der Waals surface area contributed by atoms with Crippen molar-refractivity contribution in [1.82, 2.24) is 5.43 Å². The monoisotopic (exact) mass is 506 g/mol. The van der Waals surface area contributed by atoms with Crippen LogP contribution in [0.2, 0.25) is 0 Å². The Bertz CT molecular complexity index is 1330. The van der Waals surface area contributed by atoms with E-state index in [1.54, 1.807) is 30.3 Å². The average Bonchev–Trinajstić information content (AvgIpc) is 2.86. The molecule has 0 saturated heterocycles. The summed E-state index contributed by atoms with van der Waals surface area (Å²) in [5, 5.41) is 9.00. The molecule has 0 unspecified atom stereocenters. The first-order valence-corrected chi connectivity index (χ1v) is 11.3. The molecule has 0 aliphatic carbocycles. The van der Waals surface area contributed by atoms with Crippen molar-refractivity contribution in [2.45, 2.75) is 20.3 Å². The molecule has 0 aliphatic rings. The molecule has 0 atom stereocenters. The number of methoxy groups -OCH3 is 1. The van der Waals surface area contributed by atoms with Gasteiger partial charge in [0.05, 0.1) is 19.0 Å². The SMILES string of the molecule is COc1cc(C=NNC(=O)CC(=O)Nc2ccc(C)cc2C)ccc1OCC(=O)Nc1ccccc1F. The fourth-order valence-corrected chi connectivity index (χ4v) is 3.29. The molecule has 3 aromatic rings. The lowest BCUT2D eigenvalue weighted by Crippen LogP contribution is -2.24. The Morgan fingerprint density at radius 1 is 0.892 bits per heavy atom. The molecule has 0 radical (unpaired) electrons. The minimum atomic E-state index is -0.578. The van der Waals surface area contributed by atoms with Crippen LogP contribution in [0.3, 0.4) is 0 Å². The van der Waals surface area contributed by atoms with E-state index in [0.29, 0.717) is 17.0 Å². The number of nitrogens with zero attached hydrogens (tertiary/aromatic N) is 1. The summed E-state index contributed by atoms with van der Waals surface area (Å²) in [4.78, 5) is 36.3. The Morgan fingerprint density at radius 2 is 1.65 bits per heavy atom. The van der Waals surface area contributed by atoms with E-state index < -0.39 is 30.0 Å². The number of carbonyl (C=O) groups is 3. The van der Waals surface area contributed by atoms with Gasteiger partial charge in [0.1, 0.15) is 12.2 Å². The summed E-state index contributed by atoms with van der Waals surface area (Å²) in [5.74, 6) is -1.52. The van der Waals surface area contributed by atoms with E-state index in [2.05, 4.69) is 21.2 Å². The van der Waals surface area contributed by atoms with Crippen molar-refractivity contribution >= 4 is 35.3 Å². The van der Waals surface area contributed by atoms with Crippen LogP contribution in [0.1, 0.15) is 23.1 Å². The highest BCUT2D eigenvalue weighted by Gasteiger charge is 2.12. The summed E-state index contributed by atoms with van der Waals surface area (Å²) in [6.45, 7) is 3.46. The van der Waals surface area contributed by atoms with Crippen molar-refractivity contribution in [2.75, 3.05) is 24.4 Å². The second kappa shape index (κ2) is 12.8. The second-order valence-corrected chi connectivity index (χ2v) is 8.06. The molecule has 37 heavy (non-hydrogen) atoms. The molecular formula is C27H27FN4O5. The summed E-state index contributed by atoms with van der Waals surface area (Å²) < 4.78 is 24.5. The van der Waals surface area contributed by atoms with Gasteiger partial charge in [-0.25, -0.2) is 9.82 Å². The molecule has 0 spiro atoms. The Balaban J connectivity index is 1.49. The number of para-hydroxylation sites is 1. The van der Waals surface area contributed by atoms with Gasteiger partial charge in [0.15, 0.2) is 18.1 Å². The zero-order valence-corrected chi connectivity index (χ0v) is 20.6. The zero-order valence-electron chi connectivity index (χ0n) is 20.6. The molecule has 192 valence electrons. The molecule has 3 rings (SSSR count). The number of nitrogens with one attached hydrogen (secondary N) is 3. The van der Waals surface area contributed by atoms with Crippen LogP contribution in [-0.4, -0.2) is 37.7 Å². The van der Waals surface area contributed by atoms with Gasteiger partial charge < -0.3 is 20.1 Å². The van der Waals surface area contributed by atoms with Crippen molar-refractivity contribution in [1.29, 1.82) is 0 Å². The van der Waals surface area contributed by atoms with E-state index in [-0.39, 0.29) is 18.0 Å². The molecule has 0 fully saturated rings. The first-order chi connectivity index (χ1) is 17.7. The predicted octanol–water partition coefficient (Wildman–Crippen LogP) is 3.95. The third-order valence-electron chi connectivity index (χ3n) is 5.07. The third kappa shape index (κ3) is 8.17. The van der Waals surface area contributed by atoms with Crippen LogP contribution in [0.15, 0.2) is 65.8 Å². The number of rotatable bonds is 10. The number of halogens is 1. The highest BCUT2D eigenvalue weighted by atomic mass is 19.1. The number of aryl methyl sites for hydroxylation is 2. The van der Waals surface area contributed by atoms with Gasteiger partial charge in [0.2, 0.25) is 11.8 Å². The average molecular weight is 507 g/mol. The number of hydrazone groups is 1. The quantitative estimate of drug-likeness (QED) is 0.219. The molecule has 3 amide bonds. The van der Waals surface area contributed by atoms with Gasteiger partial charge in [0, 0.05) is 5.69 Å². The fourth-order valence-electron chi connectivity index (χ4n) is 3.29. The summed E-state index contributed by atoms with van der Waals surface area (Å²) in [5.41, 5.74) is 5.55. The van der Waals surface area contributed by atoms with Gasteiger partial charge >= 0.3 is 0 Å². The molecular weight excluding hydrogens is 479 g/mol. The van der Waals surface area contributed by atoms with E-state index in [1.807, 2.05) is 26.0 Å². The van der Waals surface area contributed by atoms with E-state index in [9.17, 15) is 18.8 Å². The molecule has 0 heterocycles. The number of hydrogen-bond acceptors (Lipinski definition) is 6. The first-order valence-electron chi connectivity index (χ1n) is 11.3. The van der Waals surface area contributed by atoms with Crippen molar-refractivity contribution in [3.05, 3.63) is 83.2 Å². The lowest BCUT2D eigenvalue weighted by Gasteiger charge is -2.11. The number of hydrogen-bond donors (Lipinski definition) is 3. The van der Waals surface area contributed by atoms with Crippen molar-refractivity contribution in [3.8, 4) is 11.5 Å². The molecule has 10 heteroatoms. The van der Waals surface area contributed by atoms with Gasteiger partial charge in [0.25, 0.3) is 5.91 Å². The molecule has 3 aromatic carbocycles. The van der Waals surface area contributed by atoms with Crippen LogP contribution >= 0.6 is 0 Å². The van der Waals surface area contributed by atoms with E-state index in [1.165, 1.54) is 31.5 Å². The van der Waals surface area contributed by atoms with Crippen LogP contribution < -0.4 is 25.5 Å². The summed E-state index contributed by atoms with van der Waals surface area (Å²) >= 11 is 0. The molecule has 0 bridgehead atoms. The number of carbonyl (C=O) groups excluding carboxylic acids is 3. The summed E-state index contributed by atoms with van der Waals surface area (Å²) in [6, 6.07) is 16.2.